The molecule has 0 aliphatic rings. The number of fused-ring (bicyclic) bond motifs is 2. The third-order valence-electron chi connectivity index (χ3n) is 10.4. The summed E-state index contributed by atoms with van der Waals surface area (Å²) in [6.07, 6.45) is 0. The maximum absolute atomic E-state index is 10.1. The van der Waals surface area contributed by atoms with Crippen LogP contribution in [0.4, 0.5) is 23.0 Å². The minimum absolute atomic E-state index is 0.312. The van der Waals surface area contributed by atoms with E-state index in [1.54, 1.807) is 33.5 Å². The Hall–Kier alpha value is -7.12. The van der Waals surface area contributed by atoms with E-state index >= 15 is 0 Å². The number of nitrogens with one attached hydrogen (secondary N) is 2. The Morgan fingerprint density at radius 2 is 0.950 bits per heavy atom. The van der Waals surface area contributed by atoms with Crippen LogP contribution in [0.5, 0.6) is 17.2 Å². The normalized spacial score (nSPS) is 11.2. The molecular formula is C48H44N6O6. The van der Waals surface area contributed by atoms with E-state index in [1.807, 2.05) is 92.7 Å². The summed E-state index contributed by atoms with van der Waals surface area (Å²) < 4.78 is 16.9. The molecule has 0 saturated heterocycles. The number of nitrogens with zero attached hydrogens (tertiary/aromatic N) is 4. The van der Waals surface area contributed by atoms with Crippen molar-refractivity contribution in [2.45, 2.75) is 33.7 Å². The SMILES string of the molecule is COc1cc(-c2nc(Nc3cccc(C)c3)c3cc(-c4ccc5nc(-c6cc(CO)c(CO)c(CO)c6)nc(Nc6cccc(C)c6)c5c4)ccc3n2)cc(OC)c1OC. The van der Waals surface area contributed by atoms with E-state index in [4.69, 9.17) is 34.1 Å². The lowest BCUT2D eigenvalue weighted by Gasteiger charge is -2.16. The van der Waals surface area contributed by atoms with E-state index in [9.17, 15) is 15.3 Å². The predicted molar refractivity (Wildman–Crippen MR) is 235 cm³/mol. The van der Waals surface area contributed by atoms with Gasteiger partial charge in [-0.1, -0.05) is 36.4 Å². The third-order valence-corrected chi connectivity index (χ3v) is 10.4. The lowest BCUT2D eigenvalue weighted by atomic mass is 9.98. The van der Waals surface area contributed by atoms with E-state index in [2.05, 4.69) is 28.8 Å². The van der Waals surface area contributed by atoms with Gasteiger partial charge in [-0.2, -0.15) is 0 Å². The van der Waals surface area contributed by atoms with Crippen LogP contribution in [0.2, 0.25) is 0 Å². The maximum Gasteiger partial charge on any atom is 0.203 e. The van der Waals surface area contributed by atoms with Crippen LogP contribution in [0.3, 0.4) is 0 Å². The molecule has 0 atom stereocenters. The second-order valence-electron chi connectivity index (χ2n) is 14.4. The van der Waals surface area contributed by atoms with Gasteiger partial charge in [0.05, 0.1) is 52.2 Å². The topological polar surface area (TPSA) is 164 Å². The number of benzene rings is 6. The smallest absolute Gasteiger partial charge is 0.203 e. The zero-order chi connectivity index (χ0) is 41.9. The van der Waals surface area contributed by atoms with Gasteiger partial charge in [0, 0.05) is 33.3 Å². The first kappa shape index (κ1) is 39.7. The molecule has 2 heterocycles. The Kier molecular flexibility index (Phi) is 11.2. The van der Waals surface area contributed by atoms with Gasteiger partial charge in [0.25, 0.3) is 0 Å². The van der Waals surface area contributed by atoms with E-state index in [0.29, 0.717) is 73.9 Å². The van der Waals surface area contributed by atoms with Gasteiger partial charge in [0.2, 0.25) is 5.75 Å². The Balaban J connectivity index is 1.28. The maximum atomic E-state index is 10.1. The van der Waals surface area contributed by atoms with Gasteiger partial charge in [0.15, 0.2) is 23.1 Å². The van der Waals surface area contributed by atoms with Crippen LogP contribution < -0.4 is 24.8 Å². The molecule has 0 amide bonds. The molecule has 8 aromatic rings. The number of aliphatic hydroxyl groups is 3. The number of aliphatic hydroxyl groups excluding tert-OH is 3. The third kappa shape index (κ3) is 7.86. The van der Waals surface area contributed by atoms with Gasteiger partial charge >= 0.3 is 0 Å². The van der Waals surface area contributed by atoms with Gasteiger partial charge in [-0.05, 0) is 126 Å². The fourth-order valence-corrected chi connectivity index (χ4v) is 7.41. The first-order valence-corrected chi connectivity index (χ1v) is 19.3. The van der Waals surface area contributed by atoms with Crippen molar-refractivity contribution in [3.8, 4) is 51.2 Å². The molecule has 0 fully saturated rings. The molecular weight excluding hydrogens is 757 g/mol. The zero-order valence-corrected chi connectivity index (χ0v) is 33.9. The van der Waals surface area contributed by atoms with Gasteiger partial charge in [0.1, 0.15) is 11.6 Å². The highest BCUT2D eigenvalue weighted by molar-refractivity contribution is 5.99. The fraction of sp³-hybridized carbons (Fsp3) is 0.167. The summed E-state index contributed by atoms with van der Waals surface area (Å²) in [6.45, 7) is 3.14. The Morgan fingerprint density at radius 1 is 0.483 bits per heavy atom. The molecule has 0 spiro atoms. The van der Waals surface area contributed by atoms with Crippen molar-refractivity contribution in [1.82, 2.24) is 19.9 Å². The van der Waals surface area contributed by atoms with E-state index < -0.39 is 0 Å². The summed E-state index contributed by atoms with van der Waals surface area (Å²) in [4.78, 5) is 20.1. The second kappa shape index (κ2) is 17.0. The quantitative estimate of drug-likeness (QED) is 0.0753. The van der Waals surface area contributed by atoms with Crippen molar-refractivity contribution in [1.29, 1.82) is 0 Å². The van der Waals surface area contributed by atoms with Crippen LogP contribution >= 0.6 is 0 Å². The number of ether oxygens (including phenoxy) is 3. The fourth-order valence-electron chi connectivity index (χ4n) is 7.41. The summed E-state index contributed by atoms with van der Waals surface area (Å²) in [5.41, 5.74) is 9.94. The monoisotopic (exact) mass is 800 g/mol. The van der Waals surface area contributed by atoms with Crippen LogP contribution in [0.1, 0.15) is 27.8 Å². The number of aromatic nitrogens is 4. The summed E-state index contributed by atoms with van der Waals surface area (Å²) in [7, 11) is 4.72. The van der Waals surface area contributed by atoms with Crippen molar-refractivity contribution < 1.29 is 29.5 Å². The number of hydrogen-bond acceptors (Lipinski definition) is 12. The predicted octanol–water partition coefficient (Wildman–Crippen LogP) is 9.18. The first-order valence-electron chi connectivity index (χ1n) is 19.3. The Morgan fingerprint density at radius 3 is 1.35 bits per heavy atom. The van der Waals surface area contributed by atoms with Crippen LogP contribution in [0.15, 0.2) is 109 Å². The van der Waals surface area contributed by atoms with E-state index in [1.165, 1.54) is 0 Å². The lowest BCUT2D eigenvalue weighted by molar-refractivity contribution is 0.248. The number of rotatable bonds is 13. The largest absolute Gasteiger partial charge is 0.493 e. The van der Waals surface area contributed by atoms with Crippen molar-refractivity contribution >= 4 is 44.8 Å². The number of hydrogen-bond donors (Lipinski definition) is 5. The highest BCUT2D eigenvalue weighted by Gasteiger charge is 2.20. The summed E-state index contributed by atoms with van der Waals surface area (Å²) in [5.74, 6) is 3.52. The highest BCUT2D eigenvalue weighted by atomic mass is 16.5. The average molecular weight is 801 g/mol. The lowest BCUT2D eigenvalue weighted by Crippen LogP contribution is -2.04. The van der Waals surface area contributed by atoms with Crippen molar-refractivity contribution in [2.24, 2.45) is 0 Å². The minimum Gasteiger partial charge on any atom is -0.493 e. The Bertz CT molecular complexity index is 2650. The standard InChI is InChI=1S/C48H44N6O6/c1-27-8-6-10-35(16-27)49-47-37-20-29(12-14-40(37)51-45(53-47)31-18-33(24-55)39(26-57)34(19-31)25-56)30-13-15-41-38(21-30)48(50-36-11-7-9-28(2)17-36)54-46(52-41)32-22-42(58-3)44(60-5)43(23-32)59-4/h6-23,55-57H,24-26H2,1-5H3,(H,49,51,53)(H,50,52,54). The summed E-state index contributed by atoms with van der Waals surface area (Å²) in [6, 6.07) is 35.4. The molecule has 302 valence electrons. The Labute approximate surface area is 347 Å². The molecule has 12 heteroatoms. The molecule has 8 rings (SSSR count). The summed E-state index contributed by atoms with van der Waals surface area (Å²) >= 11 is 0. The number of aryl methyl sites for hydroxylation is 2. The van der Waals surface area contributed by atoms with Crippen molar-refractivity contribution in [2.75, 3.05) is 32.0 Å². The van der Waals surface area contributed by atoms with Crippen LogP contribution in [-0.4, -0.2) is 56.6 Å². The van der Waals surface area contributed by atoms with E-state index in [0.717, 1.165) is 49.9 Å². The van der Waals surface area contributed by atoms with E-state index in [-0.39, 0.29) is 19.8 Å². The van der Waals surface area contributed by atoms with Crippen molar-refractivity contribution in [3.05, 3.63) is 137 Å². The van der Waals surface area contributed by atoms with Crippen LogP contribution in [0.25, 0.3) is 55.7 Å². The van der Waals surface area contributed by atoms with Gasteiger partial charge in [-0.3, -0.25) is 0 Å². The molecule has 0 unspecified atom stereocenters. The van der Waals surface area contributed by atoms with Crippen LogP contribution in [0, 0.1) is 13.8 Å². The molecule has 0 bridgehead atoms. The molecule has 12 nitrogen and oxygen atoms in total. The highest BCUT2D eigenvalue weighted by Crippen LogP contribution is 2.42. The number of methoxy groups -OCH3 is 3. The minimum atomic E-state index is -0.313. The molecule has 5 N–H and O–H groups in total. The number of anilines is 4. The molecule has 0 aliphatic heterocycles. The first-order chi connectivity index (χ1) is 29.2. The molecule has 0 aliphatic carbocycles. The van der Waals surface area contributed by atoms with Gasteiger partial charge in [-0.25, -0.2) is 19.9 Å². The molecule has 6 aromatic carbocycles. The zero-order valence-electron chi connectivity index (χ0n) is 33.9. The second-order valence-corrected chi connectivity index (χ2v) is 14.4. The molecule has 2 aromatic heterocycles. The van der Waals surface area contributed by atoms with Crippen LogP contribution in [-0.2, 0) is 19.8 Å². The molecule has 0 radical (unpaired) electrons. The van der Waals surface area contributed by atoms with Gasteiger partial charge in [-0.15, -0.1) is 0 Å². The average Bonchev–Trinajstić information content (AvgIpc) is 3.27. The van der Waals surface area contributed by atoms with Crippen molar-refractivity contribution in [3.63, 3.8) is 0 Å². The molecule has 60 heavy (non-hydrogen) atoms. The molecule has 0 saturated carbocycles. The van der Waals surface area contributed by atoms with Gasteiger partial charge < -0.3 is 40.2 Å². The summed E-state index contributed by atoms with van der Waals surface area (Å²) in [5, 5.41) is 39.0.